The van der Waals surface area contributed by atoms with Gasteiger partial charge >= 0.3 is 0 Å². The van der Waals surface area contributed by atoms with E-state index in [0.29, 0.717) is 5.75 Å². The number of hydrogen-bond acceptors (Lipinski definition) is 6. The van der Waals surface area contributed by atoms with Gasteiger partial charge in [0.2, 0.25) is 0 Å². The van der Waals surface area contributed by atoms with Gasteiger partial charge in [-0.1, -0.05) is 114 Å². The Labute approximate surface area is 283 Å². The van der Waals surface area contributed by atoms with Crippen LogP contribution in [-0.4, -0.2) is 10.2 Å². The molecule has 0 unspecified atom stereocenters. The van der Waals surface area contributed by atoms with Crippen molar-refractivity contribution in [2.75, 3.05) is 0 Å². The molecule has 0 saturated heterocycles. The molecule has 0 fully saturated rings. The van der Waals surface area contributed by atoms with Crippen molar-refractivity contribution in [3.63, 3.8) is 0 Å². The molecule has 0 amide bonds. The number of phenolic OH excluding ortho intramolecular Hbond substituents is 2. The summed E-state index contributed by atoms with van der Waals surface area (Å²) in [4.78, 5) is 3.83. The van der Waals surface area contributed by atoms with Crippen molar-refractivity contribution >= 4 is 50.5 Å². The number of hydrogen-bond donors (Lipinski definition) is 6. The molecule has 0 aromatic heterocycles. The minimum atomic E-state index is 0.262. The highest BCUT2D eigenvalue weighted by atomic mass is 32.1. The van der Waals surface area contributed by atoms with Gasteiger partial charge in [0.05, 0.1) is 0 Å². The van der Waals surface area contributed by atoms with E-state index in [9.17, 15) is 0 Å². The van der Waals surface area contributed by atoms with Gasteiger partial charge in [-0.15, -0.1) is 50.5 Å². The van der Waals surface area contributed by atoms with Gasteiger partial charge in [0.15, 0.2) is 0 Å². The number of aromatic hydroxyl groups is 2. The SMILES string of the molecule is CC.CC.CC.Cc1cccc(O)c1.Oc1cccc(S)c1.Sc1ccccc1.Sc1ccccc1.Sc1ccccc1. The van der Waals surface area contributed by atoms with Gasteiger partial charge in [-0.25, -0.2) is 0 Å². The molecule has 234 valence electrons. The predicted molar refractivity (Wildman–Crippen MR) is 203 cm³/mol. The van der Waals surface area contributed by atoms with Crippen molar-refractivity contribution in [2.24, 2.45) is 0 Å². The summed E-state index contributed by atoms with van der Waals surface area (Å²) in [6.07, 6.45) is 0. The molecule has 0 spiro atoms. The van der Waals surface area contributed by atoms with E-state index in [1.807, 2.05) is 158 Å². The molecule has 43 heavy (non-hydrogen) atoms. The Kier molecular flexibility index (Phi) is 34.8. The fourth-order valence-electron chi connectivity index (χ4n) is 2.40. The molecule has 6 heteroatoms. The third-order valence-electron chi connectivity index (χ3n) is 4.10. The first kappa shape index (κ1) is 44.5. The molecule has 0 heterocycles. The number of thiol groups is 4. The monoisotopic (exact) mass is 654 g/mol. The maximum Gasteiger partial charge on any atom is 0.116 e. The zero-order valence-corrected chi connectivity index (χ0v) is 30.0. The Morgan fingerprint density at radius 1 is 0.349 bits per heavy atom. The summed E-state index contributed by atoms with van der Waals surface area (Å²) in [5.74, 6) is 0.600. The highest BCUT2D eigenvalue weighted by Gasteiger charge is 1.84. The second-order valence-corrected chi connectivity index (χ2v) is 9.43. The third-order valence-corrected chi connectivity index (χ3v) is 5.27. The molecular formula is C37H50O2S4. The average molecular weight is 655 g/mol. The highest BCUT2D eigenvalue weighted by Crippen LogP contribution is 2.13. The van der Waals surface area contributed by atoms with Crippen LogP contribution in [-0.2, 0) is 0 Å². The normalized spacial score (nSPS) is 8.07. The van der Waals surface area contributed by atoms with Crippen LogP contribution in [0.4, 0.5) is 0 Å². The summed E-state index contributed by atoms with van der Waals surface area (Å²) in [6.45, 7) is 13.9. The zero-order valence-electron chi connectivity index (χ0n) is 26.5. The van der Waals surface area contributed by atoms with Crippen molar-refractivity contribution in [3.05, 3.63) is 145 Å². The van der Waals surface area contributed by atoms with E-state index in [2.05, 4.69) is 50.5 Å². The molecule has 5 rings (SSSR count). The number of phenols is 2. The summed E-state index contributed by atoms with van der Waals surface area (Å²) >= 11 is 16.2. The van der Waals surface area contributed by atoms with E-state index in [1.54, 1.807) is 30.3 Å². The van der Waals surface area contributed by atoms with Crippen LogP contribution in [0.25, 0.3) is 0 Å². The van der Waals surface area contributed by atoms with Crippen LogP contribution in [0.15, 0.2) is 159 Å². The molecule has 0 bridgehead atoms. The third kappa shape index (κ3) is 31.9. The van der Waals surface area contributed by atoms with Crippen LogP contribution in [0.1, 0.15) is 47.1 Å². The lowest BCUT2D eigenvalue weighted by Crippen LogP contribution is -1.66. The van der Waals surface area contributed by atoms with E-state index in [0.717, 1.165) is 25.1 Å². The Morgan fingerprint density at radius 2 is 0.628 bits per heavy atom. The lowest BCUT2D eigenvalue weighted by atomic mass is 10.2. The number of rotatable bonds is 0. The van der Waals surface area contributed by atoms with Gasteiger partial charge in [-0.3, -0.25) is 0 Å². The maximum atomic E-state index is 8.81. The van der Waals surface area contributed by atoms with Crippen LogP contribution in [0.3, 0.4) is 0 Å². The fraction of sp³-hybridized carbons (Fsp3) is 0.189. The lowest BCUT2D eigenvalue weighted by molar-refractivity contribution is 0.473. The van der Waals surface area contributed by atoms with E-state index in [-0.39, 0.29) is 5.75 Å². The van der Waals surface area contributed by atoms with Crippen molar-refractivity contribution in [1.29, 1.82) is 0 Å². The standard InChI is InChI=1S/C7H8O.C6H6OS.3C6H6S.3C2H6/c1-6-3-2-4-7(8)5-6;7-5-2-1-3-6(8)4-5;3*7-6-4-2-1-3-5-6;3*1-2/h2-5,8H,1H3;1-4,7-8H;3*1-5,7H;3*1-2H3. The zero-order chi connectivity index (χ0) is 33.3. The van der Waals surface area contributed by atoms with Gasteiger partial charge in [-0.05, 0) is 79.2 Å². The fourth-order valence-corrected chi connectivity index (χ4v) is 3.14. The lowest BCUT2D eigenvalue weighted by Gasteiger charge is -1.89. The summed E-state index contributed by atoms with van der Waals surface area (Å²) in [5, 5.41) is 17.6. The minimum absolute atomic E-state index is 0.262. The second kappa shape index (κ2) is 33.6. The molecule has 2 N–H and O–H groups in total. The highest BCUT2D eigenvalue weighted by molar-refractivity contribution is 7.80. The van der Waals surface area contributed by atoms with Gasteiger partial charge in [0.25, 0.3) is 0 Å². The molecule has 2 nitrogen and oxygen atoms in total. The minimum Gasteiger partial charge on any atom is -0.508 e. The van der Waals surface area contributed by atoms with Crippen LogP contribution in [0, 0.1) is 6.92 Å². The van der Waals surface area contributed by atoms with Gasteiger partial charge in [0, 0.05) is 19.6 Å². The van der Waals surface area contributed by atoms with E-state index in [1.165, 1.54) is 0 Å². The van der Waals surface area contributed by atoms with Gasteiger partial charge < -0.3 is 10.2 Å². The molecule has 0 saturated carbocycles. The molecule has 5 aromatic carbocycles. The van der Waals surface area contributed by atoms with Gasteiger partial charge in [-0.2, -0.15) is 0 Å². The topological polar surface area (TPSA) is 40.5 Å². The summed E-state index contributed by atoms with van der Waals surface area (Å²) in [7, 11) is 0. The molecular weight excluding hydrogens is 605 g/mol. The van der Waals surface area contributed by atoms with Crippen LogP contribution in [0.5, 0.6) is 11.5 Å². The summed E-state index contributed by atoms with van der Waals surface area (Å²) in [6, 6.07) is 43.3. The quantitative estimate of drug-likeness (QED) is 0.0941. The first-order chi connectivity index (χ1) is 20.8. The first-order valence-corrected chi connectivity index (χ1v) is 16.0. The number of aryl methyl sites for hydroxylation is 1. The van der Waals surface area contributed by atoms with E-state index in [4.69, 9.17) is 10.2 Å². The average Bonchev–Trinajstić information content (AvgIpc) is 3.02. The largest absolute Gasteiger partial charge is 0.508 e. The molecule has 0 atom stereocenters. The van der Waals surface area contributed by atoms with Crippen molar-refractivity contribution in [2.45, 2.75) is 68.0 Å². The molecule has 0 radical (unpaired) electrons. The van der Waals surface area contributed by atoms with E-state index < -0.39 is 0 Å². The summed E-state index contributed by atoms with van der Waals surface area (Å²) < 4.78 is 0. The smallest absolute Gasteiger partial charge is 0.116 e. The first-order valence-electron chi connectivity index (χ1n) is 14.2. The summed E-state index contributed by atoms with van der Waals surface area (Å²) in [5.41, 5.74) is 1.09. The number of benzene rings is 5. The molecule has 0 aliphatic carbocycles. The Balaban J connectivity index is -0.000000445. The Hall–Kier alpha value is -2.90. The van der Waals surface area contributed by atoms with Crippen LogP contribution in [0.2, 0.25) is 0 Å². The predicted octanol–water partition coefficient (Wildman–Crippen LogP) is 12.4. The van der Waals surface area contributed by atoms with Crippen LogP contribution < -0.4 is 0 Å². The Morgan fingerprint density at radius 3 is 0.791 bits per heavy atom. The second-order valence-electron chi connectivity index (χ2n) is 7.37. The molecule has 5 aromatic rings. The van der Waals surface area contributed by atoms with Crippen molar-refractivity contribution < 1.29 is 10.2 Å². The molecule has 0 aliphatic rings. The van der Waals surface area contributed by atoms with Crippen molar-refractivity contribution in [3.8, 4) is 11.5 Å². The maximum absolute atomic E-state index is 8.81. The van der Waals surface area contributed by atoms with Gasteiger partial charge in [0.1, 0.15) is 11.5 Å². The molecule has 0 aliphatic heterocycles. The van der Waals surface area contributed by atoms with Crippen LogP contribution >= 0.6 is 50.5 Å². The van der Waals surface area contributed by atoms with E-state index >= 15 is 0 Å². The Bertz CT molecular complexity index is 1070. The van der Waals surface area contributed by atoms with Crippen molar-refractivity contribution in [1.82, 2.24) is 0 Å².